The Labute approximate surface area is 353 Å². The smallest absolute Gasteiger partial charge is 0.295 e. The van der Waals surface area contributed by atoms with Crippen LogP contribution in [0.5, 0.6) is 0 Å². The van der Waals surface area contributed by atoms with E-state index in [2.05, 4.69) is 0 Å². The van der Waals surface area contributed by atoms with Crippen molar-refractivity contribution in [2.24, 2.45) is 29.6 Å². The lowest BCUT2D eigenvalue weighted by atomic mass is 9.79. The molecule has 23 nitrogen and oxygen atoms in total. The van der Waals surface area contributed by atoms with E-state index >= 15 is 0 Å². The molecule has 0 saturated carbocycles. The van der Waals surface area contributed by atoms with E-state index < -0.39 is 148 Å². The lowest BCUT2D eigenvalue weighted by molar-refractivity contribution is -0.406. The van der Waals surface area contributed by atoms with Crippen LogP contribution in [0.4, 0.5) is 0 Å². The fourth-order valence-electron chi connectivity index (χ4n) is 8.73. The summed E-state index contributed by atoms with van der Waals surface area (Å²) >= 11 is 0. The second-order valence-electron chi connectivity index (χ2n) is 16.2. The Kier molecular flexibility index (Phi) is 18.4. The summed E-state index contributed by atoms with van der Waals surface area (Å²) in [5.41, 5.74) is 0. The van der Waals surface area contributed by atoms with Gasteiger partial charge in [0.15, 0.2) is 31.5 Å². The van der Waals surface area contributed by atoms with Gasteiger partial charge in [0.05, 0.1) is 32.0 Å². The number of rotatable bonds is 18. The van der Waals surface area contributed by atoms with E-state index in [1.54, 1.807) is 13.8 Å². The molecule has 0 radical (unpaired) electrons. The summed E-state index contributed by atoms with van der Waals surface area (Å²) < 4.78 is 81.2. The van der Waals surface area contributed by atoms with Crippen LogP contribution in [0, 0.1) is 29.6 Å². The molecule has 354 valence electrons. The predicted octanol–water partition coefficient (Wildman–Crippen LogP) is -3.31. The number of ether oxygens (including phenoxy) is 14. The van der Waals surface area contributed by atoms with Crippen LogP contribution in [0.15, 0.2) is 0 Å². The molecule has 0 aromatic carbocycles. The fourth-order valence-corrected chi connectivity index (χ4v) is 8.73. The van der Waals surface area contributed by atoms with Crippen molar-refractivity contribution in [2.75, 3.05) is 41.2 Å². The Morgan fingerprint density at radius 3 is 1.36 bits per heavy atom. The molecule has 5 fully saturated rings. The third-order valence-corrected chi connectivity index (χ3v) is 12.8. The summed E-state index contributed by atoms with van der Waals surface area (Å²) in [7, 11) is 3.93. The van der Waals surface area contributed by atoms with E-state index in [9.17, 15) is 45.3 Å². The Balaban J connectivity index is 1.29. The molecule has 61 heavy (non-hydrogen) atoms. The molecule has 5 aliphatic heterocycles. The molecule has 0 aromatic rings. The summed E-state index contributed by atoms with van der Waals surface area (Å²) in [6, 6.07) is 0. The number of aliphatic hydroxyl groups excluding tert-OH is 7. The van der Waals surface area contributed by atoms with Gasteiger partial charge in [-0.2, -0.15) is 0 Å². The first-order valence-electron chi connectivity index (χ1n) is 20.3. The molecule has 0 amide bonds. The first-order chi connectivity index (χ1) is 29.1. The van der Waals surface area contributed by atoms with Gasteiger partial charge in [-0.05, 0) is 11.8 Å². The number of methoxy groups -OCH3 is 3. The highest BCUT2D eigenvalue weighted by Gasteiger charge is 2.56. The van der Waals surface area contributed by atoms with Crippen molar-refractivity contribution in [1.82, 2.24) is 0 Å². The highest BCUT2D eigenvalue weighted by atomic mass is 16.8. The maximum absolute atomic E-state index is 11.7. The standard InChI is InChI=1S/C38H64O23/c1-14-15(2)19(9-39)53-32(16(14)3)56-28-17(4)27(49-7)38(61-36(28)51-12-42)58-30-21(11-41)55-35(25(47)23(30)45)59-31-26(48-6)18(5)33(60-37(31)52-13-43)57-29-20(10-40)54-34(50-8)24(46)22(29)44/h12-41,44-47H,9-11H2,1-8H3/t14-,15+,16?,17+,18?,19?,20?,21+,22+,23?,24?,25?,26?,27?,28+,29-,30+,31-,32-,33-,34+,35+,36?,37+,38+/m0/s1. The highest BCUT2D eigenvalue weighted by molar-refractivity contribution is 5.37. The molecule has 0 aromatic heterocycles. The molecular weight excluding hydrogens is 824 g/mol. The van der Waals surface area contributed by atoms with Crippen LogP contribution in [0.2, 0.25) is 0 Å². The van der Waals surface area contributed by atoms with Crippen LogP contribution in [0.1, 0.15) is 34.6 Å². The zero-order valence-corrected chi connectivity index (χ0v) is 35.4. The molecule has 7 N–H and O–H groups in total. The average molecular weight is 889 g/mol. The van der Waals surface area contributed by atoms with Gasteiger partial charge in [0.2, 0.25) is 12.6 Å². The summed E-state index contributed by atoms with van der Waals surface area (Å²) in [5, 5.41) is 74.7. The van der Waals surface area contributed by atoms with Crippen molar-refractivity contribution in [3.63, 3.8) is 0 Å². The normalized spacial score (nSPS) is 49.5. The Hall–Kier alpha value is -1.82. The SMILES string of the molecule is COC1[C@H](O[C@H]2C(O)C(O)[C@@H](O[C@H]3C(OC)C(C)[C@@H](O[C@H]4C(CO)O[C@@H](OC)C(O)[C@H]4O)O[C@H]3OC=O)O[C@@H]2CO)OC(OC=O)[C@H](O[C@@H]2OC(CO)[C@H](C)[C@H](C)C2C)[C@@H]1C. The molecule has 10 unspecified atom stereocenters. The van der Waals surface area contributed by atoms with Crippen molar-refractivity contribution in [1.29, 1.82) is 0 Å². The molecule has 5 aliphatic rings. The maximum atomic E-state index is 11.7. The minimum absolute atomic E-state index is 0.0375. The molecule has 23 heteroatoms. The molecule has 5 heterocycles. The number of hydrogen-bond acceptors (Lipinski definition) is 23. The van der Waals surface area contributed by atoms with E-state index in [1.165, 1.54) is 21.3 Å². The van der Waals surface area contributed by atoms with Crippen LogP contribution < -0.4 is 0 Å². The second kappa shape index (κ2) is 22.4. The van der Waals surface area contributed by atoms with Gasteiger partial charge in [0, 0.05) is 39.1 Å². The van der Waals surface area contributed by atoms with E-state index in [0.29, 0.717) is 0 Å². The van der Waals surface area contributed by atoms with E-state index in [1.807, 2.05) is 20.8 Å². The Morgan fingerprint density at radius 1 is 0.393 bits per heavy atom. The van der Waals surface area contributed by atoms with Crippen molar-refractivity contribution in [2.45, 2.75) is 158 Å². The van der Waals surface area contributed by atoms with Gasteiger partial charge >= 0.3 is 0 Å². The van der Waals surface area contributed by atoms with Gasteiger partial charge < -0.3 is 102 Å². The third kappa shape index (κ3) is 10.5. The van der Waals surface area contributed by atoms with Crippen LogP contribution in [0.3, 0.4) is 0 Å². The number of carbonyl (C=O) groups is 2. The van der Waals surface area contributed by atoms with Gasteiger partial charge in [-0.3, -0.25) is 9.59 Å². The summed E-state index contributed by atoms with van der Waals surface area (Å²) in [4.78, 5) is 23.4. The van der Waals surface area contributed by atoms with Crippen LogP contribution >= 0.6 is 0 Å². The van der Waals surface area contributed by atoms with Crippen molar-refractivity contribution in [3.05, 3.63) is 0 Å². The van der Waals surface area contributed by atoms with E-state index in [0.717, 1.165) is 0 Å². The number of aliphatic hydroxyl groups is 7. The molecule has 5 saturated heterocycles. The summed E-state index contributed by atoms with van der Waals surface area (Å²) in [5.74, 6) is -1.44. The summed E-state index contributed by atoms with van der Waals surface area (Å²) in [6.45, 7) is 7.87. The molecule has 0 aliphatic carbocycles. The average Bonchev–Trinajstić information content (AvgIpc) is 3.25. The third-order valence-electron chi connectivity index (χ3n) is 12.8. The van der Waals surface area contributed by atoms with Gasteiger partial charge in [-0.15, -0.1) is 0 Å². The molecule has 0 bridgehead atoms. The first-order valence-corrected chi connectivity index (χ1v) is 20.3. The predicted molar refractivity (Wildman–Crippen MR) is 197 cm³/mol. The van der Waals surface area contributed by atoms with E-state index in [4.69, 9.17) is 66.3 Å². The minimum atomic E-state index is -1.89. The van der Waals surface area contributed by atoms with Gasteiger partial charge in [0.25, 0.3) is 12.9 Å². The minimum Gasteiger partial charge on any atom is -0.435 e. The van der Waals surface area contributed by atoms with Crippen molar-refractivity contribution < 1.29 is 112 Å². The quantitative estimate of drug-likeness (QED) is 0.0663. The highest BCUT2D eigenvalue weighted by Crippen LogP contribution is 2.41. The maximum Gasteiger partial charge on any atom is 0.295 e. The van der Waals surface area contributed by atoms with Crippen molar-refractivity contribution in [3.8, 4) is 0 Å². The largest absolute Gasteiger partial charge is 0.435 e. The molecule has 5 rings (SSSR count). The molecular formula is C38H64O23. The van der Waals surface area contributed by atoms with Crippen LogP contribution in [-0.2, 0) is 75.9 Å². The van der Waals surface area contributed by atoms with Gasteiger partial charge in [0.1, 0.15) is 67.1 Å². The zero-order valence-electron chi connectivity index (χ0n) is 35.4. The lowest BCUT2D eigenvalue weighted by Gasteiger charge is -2.50. The van der Waals surface area contributed by atoms with Crippen LogP contribution in [-0.4, -0.2) is 213 Å². The fraction of sp³-hybridized carbons (Fsp3) is 0.947. The van der Waals surface area contributed by atoms with Crippen LogP contribution in [0.25, 0.3) is 0 Å². The van der Waals surface area contributed by atoms with E-state index in [-0.39, 0.29) is 37.3 Å². The first kappa shape index (κ1) is 50.2. The molecule has 0 spiro atoms. The Bertz CT molecular complexity index is 1340. The summed E-state index contributed by atoms with van der Waals surface area (Å²) in [6.07, 6.45) is -26.8. The zero-order chi connectivity index (χ0) is 44.9. The van der Waals surface area contributed by atoms with Crippen molar-refractivity contribution >= 4 is 12.9 Å². The number of hydrogen-bond donors (Lipinski definition) is 7. The lowest BCUT2D eigenvalue weighted by Crippen LogP contribution is -2.66. The Morgan fingerprint density at radius 2 is 0.836 bits per heavy atom. The second-order valence-corrected chi connectivity index (χ2v) is 16.2. The molecule has 25 atom stereocenters. The van der Waals surface area contributed by atoms with Gasteiger partial charge in [-0.1, -0.05) is 34.6 Å². The topological polar surface area (TPSA) is 305 Å². The monoisotopic (exact) mass is 888 g/mol. The number of carbonyl (C=O) groups excluding carboxylic acids is 2. The van der Waals surface area contributed by atoms with Gasteiger partial charge in [-0.25, -0.2) is 0 Å².